The van der Waals surface area contributed by atoms with Crippen LogP contribution in [0.15, 0.2) is 42.6 Å². The van der Waals surface area contributed by atoms with Crippen molar-refractivity contribution in [3.8, 4) is 0 Å². The van der Waals surface area contributed by atoms with E-state index in [-0.39, 0.29) is 24.0 Å². The lowest BCUT2D eigenvalue weighted by Crippen LogP contribution is -2.30. The maximum atomic E-state index is 12.7. The van der Waals surface area contributed by atoms with Crippen molar-refractivity contribution in [2.24, 2.45) is 11.3 Å². The van der Waals surface area contributed by atoms with Crippen LogP contribution >= 0.6 is 0 Å². The molecule has 7 nitrogen and oxygen atoms in total. The fraction of sp³-hybridized carbons (Fsp3) is 0.364. The summed E-state index contributed by atoms with van der Waals surface area (Å²) in [7, 11) is 2.48. The average Bonchev–Trinajstić information content (AvgIpc) is 3.32. The number of hydrogen-bond acceptors (Lipinski definition) is 6. The summed E-state index contributed by atoms with van der Waals surface area (Å²) in [5.41, 5.74) is -0.0514. The average molecular weight is 397 g/mol. The molecule has 1 heterocycles. The third kappa shape index (κ3) is 3.60. The van der Waals surface area contributed by atoms with Crippen molar-refractivity contribution in [3.63, 3.8) is 0 Å². The third-order valence-corrected chi connectivity index (χ3v) is 5.37. The first-order chi connectivity index (χ1) is 13.9. The number of esters is 2. The molecule has 7 heteroatoms. The highest BCUT2D eigenvalue weighted by atomic mass is 16.5. The third-order valence-electron chi connectivity index (χ3n) is 5.37. The van der Waals surface area contributed by atoms with Crippen LogP contribution in [0.4, 0.5) is 0 Å². The minimum absolute atomic E-state index is 0.0941. The molecule has 0 bridgehead atoms. The summed E-state index contributed by atoms with van der Waals surface area (Å²) < 4.78 is 11.0. The number of fused-ring (bicyclic) bond motifs is 1. The number of aromatic nitrogens is 1. The number of carbonyl (C=O) groups excluding carboxylic acids is 4. The molecule has 1 aromatic carbocycles. The van der Waals surface area contributed by atoms with Crippen LogP contribution in [-0.2, 0) is 19.1 Å². The lowest BCUT2D eigenvalue weighted by atomic mass is 10.0. The van der Waals surface area contributed by atoms with Gasteiger partial charge in [0.25, 0.3) is 0 Å². The van der Waals surface area contributed by atoms with Gasteiger partial charge in [0.05, 0.1) is 19.7 Å². The topological polar surface area (TPSA) is 91.7 Å². The van der Waals surface area contributed by atoms with Crippen molar-refractivity contribution < 1.29 is 28.7 Å². The summed E-state index contributed by atoms with van der Waals surface area (Å²) in [4.78, 5) is 48.5. The first-order valence-corrected chi connectivity index (χ1v) is 9.34. The van der Waals surface area contributed by atoms with Gasteiger partial charge in [0.2, 0.25) is 5.91 Å². The summed E-state index contributed by atoms with van der Waals surface area (Å²) in [6.45, 7) is 1.48. The highest BCUT2D eigenvalue weighted by Crippen LogP contribution is 2.55. The Bertz CT molecular complexity index is 999. The van der Waals surface area contributed by atoms with Crippen LogP contribution in [-0.4, -0.2) is 42.4 Å². The zero-order valence-electron chi connectivity index (χ0n) is 16.6. The number of hydrogen-bond donors (Lipinski definition) is 0. The molecule has 0 spiro atoms. The van der Waals surface area contributed by atoms with Crippen molar-refractivity contribution in [3.05, 3.63) is 48.2 Å². The number of methoxy groups -OCH3 is 2. The van der Waals surface area contributed by atoms with Gasteiger partial charge < -0.3 is 9.47 Å². The van der Waals surface area contributed by atoms with E-state index in [4.69, 9.17) is 9.47 Å². The summed E-state index contributed by atoms with van der Waals surface area (Å²) >= 11 is 0. The van der Waals surface area contributed by atoms with Crippen LogP contribution in [0.1, 0.15) is 41.3 Å². The van der Waals surface area contributed by atoms with Gasteiger partial charge in [-0.15, -0.1) is 0 Å². The quantitative estimate of drug-likeness (QED) is 0.308. The smallest absolute Gasteiger partial charge is 0.323 e. The Kier molecular flexibility index (Phi) is 5.68. The molecule has 0 aliphatic heterocycles. The molecule has 152 valence electrons. The van der Waals surface area contributed by atoms with E-state index in [1.807, 2.05) is 18.2 Å². The second-order valence-electron chi connectivity index (χ2n) is 7.11. The van der Waals surface area contributed by atoms with Gasteiger partial charge in [0.1, 0.15) is 0 Å². The Morgan fingerprint density at radius 3 is 2.41 bits per heavy atom. The molecule has 1 aliphatic rings. The lowest BCUT2D eigenvalue weighted by Gasteiger charge is -2.10. The number of rotatable bonds is 7. The van der Waals surface area contributed by atoms with Crippen LogP contribution in [0.2, 0.25) is 0 Å². The number of benzene rings is 1. The minimum atomic E-state index is -1.27. The standard InChI is InChI=1S/C22H23NO6/c1-14(24)17-13-23(18-10-6-5-9-16(17)18)19(25)11-7-4-8-15-12-22(15,20(26)28-2)21(27)29-3/h4-6,8-10,13,15H,7,11-12H2,1-3H3/b8-4+. The first kappa shape index (κ1) is 20.5. The van der Waals surface area contributed by atoms with Crippen LogP contribution in [0.5, 0.6) is 0 Å². The Morgan fingerprint density at radius 1 is 1.14 bits per heavy atom. The van der Waals surface area contributed by atoms with Gasteiger partial charge in [-0.05, 0) is 25.8 Å². The molecule has 1 aromatic heterocycles. The van der Waals surface area contributed by atoms with E-state index in [1.165, 1.54) is 25.7 Å². The van der Waals surface area contributed by atoms with Crippen molar-refractivity contribution in [2.75, 3.05) is 14.2 Å². The van der Waals surface area contributed by atoms with Crippen LogP contribution in [0, 0.1) is 11.3 Å². The summed E-state index contributed by atoms with van der Waals surface area (Å²) in [5, 5.41) is 0.753. The van der Waals surface area contributed by atoms with E-state index in [2.05, 4.69) is 0 Å². The van der Waals surface area contributed by atoms with E-state index in [9.17, 15) is 19.2 Å². The highest BCUT2D eigenvalue weighted by molar-refractivity contribution is 6.09. The van der Waals surface area contributed by atoms with Gasteiger partial charge in [-0.2, -0.15) is 0 Å². The second-order valence-corrected chi connectivity index (χ2v) is 7.11. The lowest BCUT2D eigenvalue weighted by molar-refractivity contribution is -0.161. The molecule has 0 radical (unpaired) electrons. The van der Waals surface area contributed by atoms with E-state index in [0.29, 0.717) is 23.9 Å². The maximum absolute atomic E-state index is 12.7. The number of para-hydroxylation sites is 1. The number of ether oxygens (including phenoxy) is 2. The SMILES string of the molecule is COC(=O)C1(C(=O)OC)CC1/C=C/CCC(=O)n1cc(C(C)=O)c2ccccc21. The number of ketones is 1. The monoisotopic (exact) mass is 397 g/mol. The molecule has 1 aliphatic carbocycles. The zero-order chi connectivity index (χ0) is 21.2. The molecule has 1 saturated carbocycles. The highest BCUT2D eigenvalue weighted by Gasteiger charge is 2.66. The van der Waals surface area contributed by atoms with Crippen molar-refractivity contribution in [2.45, 2.75) is 26.2 Å². The number of allylic oxidation sites excluding steroid dienone is 2. The van der Waals surface area contributed by atoms with Gasteiger partial charge in [0.15, 0.2) is 11.2 Å². The zero-order valence-corrected chi connectivity index (χ0v) is 16.6. The fourth-order valence-corrected chi connectivity index (χ4v) is 3.69. The fourth-order valence-electron chi connectivity index (χ4n) is 3.69. The van der Waals surface area contributed by atoms with Crippen molar-refractivity contribution in [1.29, 1.82) is 0 Å². The first-order valence-electron chi connectivity index (χ1n) is 9.34. The number of carbonyl (C=O) groups is 4. The van der Waals surface area contributed by atoms with Gasteiger partial charge in [-0.25, -0.2) is 0 Å². The Labute approximate surface area is 168 Å². The summed E-state index contributed by atoms with van der Waals surface area (Å²) in [6.07, 6.45) is 6.13. The largest absolute Gasteiger partial charge is 0.468 e. The van der Waals surface area contributed by atoms with E-state index in [0.717, 1.165) is 5.39 Å². The normalized spacial score (nSPS) is 17.3. The predicted molar refractivity (Wildman–Crippen MR) is 106 cm³/mol. The van der Waals surface area contributed by atoms with Gasteiger partial charge >= 0.3 is 11.9 Å². The molecule has 0 N–H and O–H groups in total. The van der Waals surface area contributed by atoms with E-state index < -0.39 is 17.4 Å². The van der Waals surface area contributed by atoms with E-state index >= 15 is 0 Å². The molecule has 1 atom stereocenters. The molecule has 29 heavy (non-hydrogen) atoms. The van der Waals surface area contributed by atoms with Gasteiger partial charge in [0, 0.05) is 29.5 Å². The maximum Gasteiger partial charge on any atom is 0.323 e. The van der Waals surface area contributed by atoms with Crippen LogP contribution in [0.3, 0.4) is 0 Å². The molecular formula is C22H23NO6. The number of nitrogens with zero attached hydrogens (tertiary/aromatic N) is 1. The van der Waals surface area contributed by atoms with Crippen molar-refractivity contribution in [1.82, 2.24) is 4.57 Å². The Hall–Kier alpha value is -3.22. The van der Waals surface area contributed by atoms with E-state index in [1.54, 1.807) is 24.4 Å². The molecule has 2 aromatic rings. The second kappa shape index (κ2) is 8.03. The molecular weight excluding hydrogens is 374 g/mol. The van der Waals surface area contributed by atoms with Gasteiger partial charge in [-0.3, -0.25) is 23.7 Å². The molecule has 1 unspecified atom stereocenters. The Morgan fingerprint density at radius 2 is 1.79 bits per heavy atom. The molecule has 3 rings (SSSR count). The predicted octanol–water partition coefficient (Wildman–Crippen LogP) is 3.17. The van der Waals surface area contributed by atoms with Crippen LogP contribution < -0.4 is 0 Å². The van der Waals surface area contributed by atoms with Crippen molar-refractivity contribution >= 4 is 34.5 Å². The minimum Gasteiger partial charge on any atom is -0.468 e. The molecule has 0 saturated heterocycles. The number of Topliss-reactive ketones (excluding diaryl/α,β-unsaturated/α-hetero) is 1. The summed E-state index contributed by atoms with van der Waals surface area (Å²) in [5.74, 6) is -1.74. The summed E-state index contributed by atoms with van der Waals surface area (Å²) in [6, 6.07) is 7.28. The molecule has 1 fully saturated rings. The van der Waals surface area contributed by atoms with Crippen LogP contribution in [0.25, 0.3) is 10.9 Å². The molecule has 0 amide bonds. The van der Waals surface area contributed by atoms with Gasteiger partial charge in [-0.1, -0.05) is 30.4 Å². The Balaban J connectivity index is 1.67.